The van der Waals surface area contributed by atoms with E-state index in [0.29, 0.717) is 36.0 Å². The second kappa shape index (κ2) is 10.3. The van der Waals surface area contributed by atoms with E-state index >= 15 is 0 Å². The normalized spacial score (nSPS) is 15.7. The quantitative estimate of drug-likeness (QED) is 0.590. The zero-order valence-corrected chi connectivity index (χ0v) is 18.8. The standard InChI is InChI=1S/C25H27FN4O3/c1-32-21-9-8-18(22(14-21)33-2)15-28-25(31)19-6-4-12-30(16-19)23-10-11-27-24(29-23)17-5-3-7-20(26)13-17/h3,5,7-11,13-14,19H,4,6,12,15-16H2,1-2H3,(H,28,31)/t19-/m1/s1. The lowest BCUT2D eigenvalue weighted by Gasteiger charge is -2.33. The van der Waals surface area contributed by atoms with Crippen LogP contribution in [0.1, 0.15) is 18.4 Å². The van der Waals surface area contributed by atoms with Crippen LogP contribution in [0.2, 0.25) is 0 Å². The molecule has 1 atom stereocenters. The van der Waals surface area contributed by atoms with Crippen LogP contribution >= 0.6 is 0 Å². The molecule has 0 saturated carbocycles. The van der Waals surface area contributed by atoms with Crippen LogP contribution in [0.4, 0.5) is 10.2 Å². The summed E-state index contributed by atoms with van der Waals surface area (Å²) in [5.41, 5.74) is 1.51. The maximum Gasteiger partial charge on any atom is 0.225 e. The molecule has 3 aromatic rings. The smallest absolute Gasteiger partial charge is 0.225 e. The van der Waals surface area contributed by atoms with E-state index in [1.165, 1.54) is 12.1 Å². The van der Waals surface area contributed by atoms with E-state index in [1.807, 2.05) is 18.2 Å². The lowest BCUT2D eigenvalue weighted by molar-refractivity contribution is -0.125. The van der Waals surface area contributed by atoms with Crippen LogP contribution in [0.15, 0.2) is 54.7 Å². The molecule has 1 amide bonds. The van der Waals surface area contributed by atoms with Gasteiger partial charge in [-0.15, -0.1) is 0 Å². The number of halogens is 1. The number of nitrogens with one attached hydrogen (secondary N) is 1. The Labute approximate surface area is 192 Å². The second-order valence-corrected chi connectivity index (χ2v) is 7.93. The highest BCUT2D eigenvalue weighted by Gasteiger charge is 2.27. The number of nitrogens with zero attached hydrogens (tertiary/aromatic N) is 3. The first-order valence-electron chi connectivity index (χ1n) is 10.9. The molecule has 0 radical (unpaired) electrons. The molecule has 8 heteroatoms. The number of amides is 1. The first-order valence-corrected chi connectivity index (χ1v) is 10.9. The number of methoxy groups -OCH3 is 2. The third-order valence-corrected chi connectivity index (χ3v) is 5.79. The molecule has 0 unspecified atom stereocenters. The summed E-state index contributed by atoms with van der Waals surface area (Å²) in [6.45, 7) is 1.74. The zero-order valence-electron chi connectivity index (χ0n) is 18.8. The fourth-order valence-electron chi connectivity index (χ4n) is 4.02. The largest absolute Gasteiger partial charge is 0.497 e. The van der Waals surface area contributed by atoms with Crippen molar-refractivity contribution in [2.24, 2.45) is 5.92 Å². The Hall–Kier alpha value is -3.68. The number of piperidine rings is 1. The number of carbonyl (C=O) groups excluding carboxylic acids is 1. The van der Waals surface area contributed by atoms with Gasteiger partial charge in [-0.1, -0.05) is 12.1 Å². The summed E-state index contributed by atoms with van der Waals surface area (Å²) in [5.74, 6) is 2.08. The van der Waals surface area contributed by atoms with E-state index in [-0.39, 0.29) is 17.6 Å². The maximum absolute atomic E-state index is 13.6. The fraction of sp³-hybridized carbons (Fsp3) is 0.320. The Morgan fingerprint density at radius 1 is 1.18 bits per heavy atom. The summed E-state index contributed by atoms with van der Waals surface area (Å²) >= 11 is 0. The highest BCUT2D eigenvalue weighted by atomic mass is 19.1. The van der Waals surface area contributed by atoms with Crippen LogP contribution < -0.4 is 19.7 Å². The molecule has 1 aromatic heterocycles. The molecule has 33 heavy (non-hydrogen) atoms. The maximum atomic E-state index is 13.6. The molecule has 2 heterocycles. The monoisotopic (exact) mass is 450 g/mol. The third kappa shape index (κ3) is 5.39. The predicted molar refractivity (Wildman–Crippen MR) is 124 cm³/mol. The highest BCUT2D eigenvalue weighted by molar-refractivity contribution is 5.79. The first kappa shape index (κ1) is 22.5. The van der Waals surface area contributed by atoms with Gasteiger partial charge in [-0.05, 0) is 43.2 Å². The molecule has 1 saturated heterocycles. The van der Waals surface area contributed by atoms with Crippen molar-refractivity contribution >= 4 is 11.7 Å². The fourth-order valence-corrected chi connectivity index (χ4v) is 4.02. The van der Waals surface area contributed by atoms with Crippen LogP contribution in [-0.2, 0) is 11.3 Å². The van der Waals surface area contributed by atoms with E-state index in [0.717, 1.165) is 30.8 Å². The number of hydrogen-bond acceptors (Lipinski definition) is 6. The highest BCUT2D eigenvalue weighted by Crippen LogP contribution is 2.26. The summed E-state index contributed by atoms with van der Waals surface area (Å²) in [6.07, 6.45) is 3.36. The van der Waals surface area contributed by atoms with Crippen molar-refractivity contribution in [3.8, 4) is 22.9 Å². The van der Waals surface area contributed by atoms with E-state index in [4.69, 9.17) is 9.47 Å². The molecule has 0 spiro atoms. The number of rotatable bonds is 7. The van der Waals surface area contributed by atoms with Crippen LogP contribution in [-0.4, -0.2) is 43.2 Å². The zero-order chi connectivity index (χ0) is 23.2. The molecule has 0 aliphatic carbocycles. The molecule has 0 bridgehead atoms. The molecule has 172 valence electrons. The summed E-state index contributed by atoms with van der Waals surface area (Å²) in [6, 6.07) is 13.6. The Morgan fingerprint density at radius 2 is 2.06 bits per heavy atom. The number of ether oxygens (including phenoxy) is 2. The predicted octanol–water partition coefficient (Wildman–Crippen LogP) is 3.83. The number of anilines is 1. The van der Waals surface area contributed by atoms with Gasteiger partial charge in [-0.25, -0.2) is 14.4 Å². The minimum Gasteiger partial charge on any atom is -0.497 e. The van der Waals surface area contributed by atoms with Crippen molar-refractivity contribution in [2.45, 2.75) is 19.4 Å². The summed E-state index contributed by atoms with van der Waals surface area (Å²) < 4.78 is 24.2. The average molecular weight is 451 g/mol. The molecular formula is C25H27FN4O3. The minimum absolute atomic E-state index is 0.00280. The van der Waals surface area contributed by atoms with Crippen molar-refractivity contribution in [1.82, 2.24) is 15.3 Å². The van der Waals surface area contributed by atoms with Gasteiger partial charge in [0.05, 0.1) is 20.1 Å². The average Bonchev–Trinajstić information content (AvgIpc) is 2.87. The minimum atomic E-state index is -0.329. The Balaban J connectivity index is 1.41. The van der Waals surface area contributed by atoms with Crippen LogP contribution in [0.25, 0.3) is 11.4 Å². The molecule has 1 N–H and O–H groups in total. The van der Waals surface area contributed by atoms with Crippen molar-refractivity contribution in [3.05, 3.63) is 66.1 Å². The van der Waals surface area contributed by atoms with Gasteiger partial charge in [0.2, 0.25) is 5.91 Å². The number of carbonyl (C=O) groups is 1. The van der Waals surface area contributed by atoms with Crippen molar-refractivity contribution in [1.29, 1.82) is 0 Å². The van der Waals surface area contributed by atoms with Crippen LogP contribution in [0.3, 0.4) is 0 Å². The van der Waals surface area contributed by atoms with Gasteiger partial charge in [-0.2, -0.15) is 0 Å². The van der Waals surface area contributed by atoms with E-state index in [2.05, 4.69) is 20.2 Å². The topological polar surface area (TPSA) is 76.6 Å². The molecular weight excluding hydrogens is 423 g/mol. The van der Waals surface area contributed by atoms with Crippen molar-refractivity contribution in [2.75, 3.05) is 32.2 Å². The molecule has 1 fully saturated rings. The lowest BCUT2D eigenvalue weighted by atomic mass is 9.97. The third-order valence-electron chi connectivity index (χ3n) is 5.79. The first-order chi connectivity index (χ1) is 16.1. The Bertz CT molecular complexity index is 1120. The van der Waals surface area contributed by atoms with Crippen molar-refractivity contribution in [3.63, 3.8) is 0 Å². The van der Waals surface area contributed by atoms with Gasteiger partial charge in [0, 0.05) is 43.0 Å². The number of hydrogen-bond donors (Lipinski definition) is 1. The number of aromatic nitrogens is 2. The van der Waals surface area contributed by atoms with Gasteiger partial charge in [0.15, 0.2) is 5.82 Å². The Kier molecular flexibility index (Phi) is 7.02. The van der Waals surface area contributed by atoms with Crippen LogP contribution in [0, 0.1) is 11.7 Å². The van der Waals surface area contributed by atoms with E-state index in [9.17, 15) is 9.18 Å². The number of benzene rings is 2. The van der Waals surface area contributed by atoms with Crippen molar-refractivity contribution < 1.29 is 18.7 Å². The molecule has 4 rings (SSSR count). The lowest BCUT2D eigenvalue weighted by Crippen LogP contribution is -2.43. The Morgan fingerprint density at radius 3 is 2.85 bits per heavy atom. The SMILES string of the molecule is COc1ccc(CNC(=O)[C@@H]2CCCN(c3ccnc(-c4cccc(F)c4)n3)C2)c(OC)c1. The molecule has 7 nitrogen and oxygen atoms in total. The van der Waals surface area contributed by atoms with Crippen LogP contribution in [0.5, 0.6) is 11.5 Å². The van der Waals surface area contributed by atoms with Gasteiger partial charge in [-0.3, -0.25) is 4.79 Å². The summed E-state index contributed by atoms with van der Waals surface area (Å²) in [7, 11) is 3.20. The second-order valence-electron chi connectivity index (χ2n) is 7.93. The van der Waals surface area contributed by atoms with E-state index in [1.54, 1.807) is 38.6 Å². The summed E-state index contributed by atoms with van der Waals surface area (Å²) in [4.78, 5) is 23.9. The van der Waals surface area contributed by atoms with Gasteiger partial charge in [0.25, 0.3) is 0 Å². The van der Waals surface area contributed by atoms with Gasteiger partial charge in [0.1, 0.15) is 23.1 Å². The van der Waals surface area contributed by atoms with Gasteiger partial charge < -0.3 is 19.7 Å². The summed E-state index contributed by atoms with van der Waals surface area (Å²) in [5, 5.41) is 3.04. The molecule has 2 aromatic carbocycles. The molecule has 1 aliphatic heterocycles. The van der Waals surface area contributed by atoms with E-state index < -0.39 is 0 Å². The van der Waals surface area contributed by atoms with Gasteiger partial charge >= 0.3 is 0 Å². The molecule has 1 aliphatic rings.